The fourth-order valence-electron chi connectivity index (χ4n) is 2.49. The Hall–Kier alpha value is -1.32. The van der Waals surface area contributed by atoms with Crippen molar-refractivity contribution >= 4 is 11.9 Å². The van der Waals surface area contributed by atoms with E-state index in [1.165, 1.54) is 0 Å². The predicted octanol–water partition coefficient (Wildman–Crippen LogP) is 0.594. The molecular weight excluding hydrogens is 172 g/mol. The van der Waals surface area contributed by atoms with Crippen LogP contribution in [0.1, 0.15) is 6.42 Å². The van der Waals surface area contributed by atoms with Gasteiger partial charge in [0.15, 0.2) is 0 Å². The average Bonchev–Trinajstić information content (AvgIpc) is 2.66. The van der Waals surface area contributed by atoms with Gasteiger partial charge in [-0.15, -0.1) is 0 Å². The van der Waals surface area contributed by atoms with Crippen LogP contribution in [0.3, 0.4) is 0 Å². The second-order valence-corrected chi connectivity index (χ2v) is 3.77. The van der Waals surface area contributed by atoms with Gasteiger partial charge < -0.3 is 10.2 Å². The molecule has 4 unspecified atom stereocenters. The molecule has 2 aliphatic carbocycles. The summed E-state index contributed by atoms with van der Waals surface area (Å²) in [5.74, 6) is -3.04. The van der Waals surface area contributed by atoms with E-state index < -0.39 is 23.8 Å². The zero-order chi connectivity index (χ0) is 9.75. The third kappa shape index (κ3) is 0.978. The van der Waals surface area contributed by atoms with E-state index in [0.29, 0.717) is 6.42 Å². The molecular formula is C9H10O4. The molecule has 0 bridgehead atoms. The Morgan fingerprint density at radius 2 is 1.92 bits per heavy atom. The molecule has 2 saturated carbocycles. The number of hydrogen-bond donors (Lipinski definition) is 2. The zero-order valence-electron chi connectivity index (χ0n) is 6.93. The fraction of sp³-hybridized carbons (Fsp3) is 0.556. The molecule has 0 spiro atoms. The first-order valence-electron chi connectivity index (χ1n) is 4.17. The number of carbonyl (C=O) groups is 2. The van der Waals surface area contributed by atoms with Crippen molar-refractivity contribution in [2.24, 2.45) is 23.7 Å². The molecule has 0 aromatic heterocycles. The number of fused-ring (bicyclic) bond motifs is 1. The van der Waals surface area contributed by atoms with Gasteiger partial charge in [-0.25, -0.2) is 0 Å². The Kier molecular flexibility index (Phi) is 1.49. The van der Waals surface area contributed by atoms with Crippen LogP contribution < -0.4 is 0 Å². The minimum absolute atomic E-state index is 0.0707. The molecule has 2 aliphatic rings. The van der Waals surface area contributed by atoms with Crippen LogP contribution in [0.5, 0.6) is 0 Å². The molecule has 0 radical (unpaired) electrons. The SMILES string of the molecule is C=C1CC(C(=O)O)C2C1C2C(=O)O. The maximum atomic E-state index is 10.7. The van der Waals surface area contributed by atoms with E-state index in [-0.39, 0.29) is 11.8 Å². The summed E-state index contributed by atoms with van der Waals surface area (Å²) in [5.41, 5.74) is 0.796. The van der Waals surface area contributed by atoms with Gasteiger partial charge in [0.05, 0.1) is 11.8 Å². The Morgan fingerprint density at radius 1 is 1.31 bits per heavy atom. The van der Waals surface area contributed by atoms with E-state index in [0.717, 1.165) is 5.57 Å². The smallest absolute Gasteiger partial charge is 0.307 e. The van der Waals surface area contributed by atoms with Crippen LogP contribution in [0.25, 0.3) is 0 Å². The summed E-state index contributed by atoms with van der Waals surface area (Å²) in [6.07, 6.45) is 0.453. The van der Waals surface area contributed by atoms with E-state index >= 15 is 0 Å². The van der Waals surface area contributed by atoms with Crippen LogP contribution in [0.2, 0.25) is 0 Å². The number of carboxylic acids is 2. The van der Waals surface area contributed by atoms with Crippen LogP contribution >= 0.6 is 0 Å². The van der Waals surface area contributed by atoms with Crippen molar-refractivity contribution in [2.75, 3.05) is 0 Å². The second kappa shape index (κ2) is 2.34. The first kappa shape index (κ1) is 8.29. The van der Waals surface area contributed by atoms with Crippen molar-refractivity contribution in [2.45, 2.75) is 6.42 Å². The van der Waals surface area contributed by atoms with Gasteiger partial charge in [0.1, 0.15) is 0 Å². The predicted molar refractivity (Wildman–Crippen MR) is 43.0 cm³/mol. The number of allylic oxidation sites excluding steroid dienone is 1. The highest BCUT2D eigenvalue weighted by molar-refractivity contribution is 5.81. The van der Waals surface area contributed by atoms with E-state index in [2.05, 4.69) is 6.58 Å². The van der Waals surface area contributed by atoms with E-state index in [1.807, 2.05) is 0 Å². The number of hydrogen-bond acceptors (Lipinski definition) is 2. The van der Waals surface area contributed by atoms with Gasteiger partial charge >= 0.3 is 11.9 Å². The summed E-state index contributed by atoms with van der Waals surface area (Å²) in [5, 5.41) is 17.5. The molecule has 13 heavy (non-hydrogen) atoms. The van der Waals surface area contributed by atoms with Crippen LogP contribution in [-0.2, 0) is 9.59 Å². The van der Waals surface area contributed by atoms with Crippen molar-refractivity contribution in [3.63, 3.8) is 0 Å². The van der Waals surface area contributed by atoms with E-state index in [4.69, 9.17) is 10.2 Å². The molecule has 0 aromatic carbocycles. The summed E-state index contributed by atoms with van der Waals surface area (Å²) in [6.45, 7) is 3.72. The highest BCUT2D eigenvalue weighted by atomic mass is 16.4. The lowest BCUT2D eigenvalue weighted by Gasteiger charge is -2.07. The first-order chi connectivity index (χ1) is 6.04. The molecule has 0 saturated heterocycles. The Balaban J connectivity index is 2.18. The number of carboxylic acid groups (broad SMARTS) is 2. The first-order valence-corrected chi connectivity index (χ1v) is 4.17. The van der Waals surface area contributed by atoms with Crippen molar-refractivity contribution in [3.05, 3.63) is 12.2 Å². The quantitative estimate of drug-likeness (QED) is 0.613. The van der Waals surface area contributed by atoms with Gasteiger partial charge in [-0.05, 0) is 18.3 Å². The van der Waals surface area contributed by atoms with Gasteiger partial charge in [0, 0.05) is 0 Å². The molecule has 0 amide bonds. The molecule has 4 nitrogen and oxygen atoms in total. The standard InChI is InChI=1S/C9H10O4/c1-3-2-4(8(10)11)6-5(3)7(6)9(12)13/h4-7H,1-2H2,(H,10,11)(H,12,13). The average molecular weight is 182 g/mol. The molecule has 70 valence electrons. The zero-order valence-corrected chi connectivity index (χ0v) is 6.93. The van der Waals surface area contributed by atoms with Gasteiger partial charge in [-0.1, -0.05) is 12.2 Å². The van der Waals surface area contributed by atoms with Gasteiger partial charge in [0.25, 0.3) is 0 Å². The molecule has 4 heteroatoms. The van der Waals surface area contributed by atoms with Crippen molar-refractivity contribution in [3.8, 4) is 0 Å². The molecule has 4 atom stereocenters. The van der Waals surface area contributed by atoms with Crippen LogP contribution in [0.15, 0.2) is 12.2 Å². The summed E-state index contributed by atoms with van der Waals surface area (Å²) < 4.78 is 0. The Morgan fingerprint density at radius 3 is 2.31 bits per heavy atom. The van der Waals surface area contributed by atoms with Crippen LogP contribution in [-0.4, -0.2) is 22.2 Å². The largest absolute Gasteiger partial charge is 0.481 e. The molecule has 0 aliphatic heterocycles. The summed E-state index contributed by atoms with van der Waals surface area (Å²) in [6, 6.07) is 0. The highest BCUT2D eigenvalue weighted by Gasteiger charge is 2.65. The third-order valence-electron chi connectivity index (χ3n) is 3.10. The van der Waals surface area contributed by atoms with Crippen molar-refractivity contribution < 1.29 is 19.8 Å². The fourth-order valence-corrected chi connectivity index (χ4v) is 2.49. The van der Waals surface area contributed by atoms with E-state index in [1.54, 1.807) is 0 Å². The Labute approximate surface area is 74.9 Å². The highest BCUT2D eigenvalue weighted by Crippen LogP contribution is 2.62. The van der Waals surface area contributed by atoms with Crippen LogP contribution in [0, 0.1) is 23.7 Å². The number of rotatable bonds is 2. The maximum Gasteiger partial charge on any atom is 0.307 e. The van der Waals surface area contributed by atoms with Gasteiger partial charge in [0.2, 0.25) is 0 Å². The number of aliphatic carboxylic acids is 2. The van der Waals surface area contributed by atoms with Crippen LogP contribution in [0.4, 0.5) is 0 Å². The molecule has 2 N–H and O–H groups in total. The minimum atomic E-state index is -0.891. The molecule has 2 rings (SSSR count). The van der Waals surface area contributed by atoms with Crippen molar-refractivity contribution in [1.29, 1.82) is 0 Å². The molecule has 0 aromatic rings. The normalized spacial score (nSPS) is 41.4. The van der Waals surface area contributed by atoms with Gasteiger partial charge in [-0.2, -0.15) is 0 Å². The lowest BCUT2D eigenvalue weighted by atomic mass is 9.98. The summed E-state index contributed by atoms with van der Waals surface area (Å²) in [7, 11) is 0. The summed E-state index contributed by atoms with van der Waals surface area (Å²) >= 11 is 0. The van der Waals surface area contributed by atoms with Crippen molar-refractivity contribution in [1.82, 2.24) is 0 Å². The Bertz CT molecular complexity index is 303. The third-order valence-corrected chi connectivity index (χ3v) is 3.10. The molecule has 2 fully saturated rings. The van der Waals surface area contributed by atoms with E-state index in [9.17, 15) is 9.59 Å². The second-order valence-electron chi connectivity index (χ2n) is 3.77. The lowest BCUT2D eigenvalue weighted by Crippen LogP contribution is -2.17. The topological polar surface area (TPSA) is 74.6 Å². The summed E-state index contributed by atoms with van der Waals surface area (Å²) in [4.78, 5) is 21.4. The lowest BCUT2D eigenvalue weighted by molar-refractivity contribution is -0.143. The minimum Gasteiger partial charge on any atom is -0.481 e. The molecule has 0 heterocycles. The maximum absolute atomic E-state index is 10.7. The monoisotopic (exact) mass is 182 g/mol. The van der Waals surface area contributed by atoms with Gasteiger partial charge in [-0.3, -0.25) is 9.59 Å².